The first-order chi connectivity index (χ1) is 9.97. The zero-order chi connectivity index (χ0) is 17.0. The van der Waals surface area contributed by atoms with Crippen molar-refractivity contribution < 1.29 is 27.8 Å². The zero-order valence-corrected chi connectivity index (χ0v) is 13.9. The van der Waals surface area contributed by atoms with Gasteiger partial charge in [0.25, 0.3) is 0 Å². The number of carbonyl (C=O) groups excluding carboxylic acids is 1. The maximum Gasteiger partial charge on any atom is 0.441 e. The summed E-state index contributed by atoms with van der Waals surface area (Å²) >= 11 is -0.0898. The van der Waals surface area contributed by atoms with E-state index in [1.165, 1.54) is 0 Å². The number of hydrogen-bond donors (Lipinski definition) is 2. The summed E-state index contributed by atoms with van der Waals surface area (Å²) in [6, 6.07) is 0. The smallest absolute Gasteiger partial charge is 0.441 e. The van der Waals surface area contributed by atoms with Gasteiger partial charge < -0.3 is 15.2 Å². The molecular weight excluding hydrogens is 319 g/mol. The normalized spacial score (nSPS) is 18.7. The fraction of sp³-hybridized carbons (Fsp3) is 0.929. The summed E-state index contributed by atoms with van der Waals surface area (Å²) in [5.41, 5.74) is -5.61. The molecule has 1 atom stereocenters. The van der Waals surface area contributed by atoms with Gasteiger partial charge in [-0.15, -0.1) is 0 Å². The van der Waals surface area contributed by atoms with Crippen molar-refractivity contribution in [3.8, 4) is 0 Å². The van der Waals surface area contributed by atoms with E-state index in [0.717, 1.165) is 12.8 Å². The van der Waals surface area contributed by atoms with Crippen LogP contribution in [0.4, 0.5) is 18.0 Å². The molecule has 0 aromatic carbocycles. The van der Waals surface area contributed by atoms with E-state index in [4.69, 9.17) is 4.74 Å². The molecule has 8 heteroatoms. The van der Waals surface area contributed by atoms with E-state index in [-0.39, 0.29) is 43.0 Å². The lowest BCUT2D eigenvalue weighted by Crippen LogP contribution is -2.44. The molecule has 0 heterocycles. The number of rotatable bonds is 7. The van der Waals surface area contributed by atoms with Gasteiger partial charge in [-0.1, -0.05) is 11.8 Å². The van der Waals surface area contributed by atoms with Gasteiger partial charge in [0.05, 0.1) is 6.61 Å². The van der Waals surface area contributed by atoms with E-state index in [0.29, 0.717) is 0 Å². The monoisotopic (exact) mass is 343 g/mol. The van der Waals surface area contributed by atoms with E-state index in [9.17, 15) is 23.1 Å². The highest BCUT2D eigenvalue weighted by Crippen LogP contribution is 2.48. The van der Waals surface area contributed by atoms with Crippen molar-refractivity contribution in [1.82, 2.24) is 5.32 Å². The van der Waals surface area contributed by atoms with E-state index in [1.54, 1.807) is 20.8 Å². The number of aliphatic hydroxyl groups is 1. The average Bonchev–Trinajstić information content (AvgIpc) is 3.14. The Morgan fingerprint density at radius 3 is 2.32 bits per heavy atom. The molecule has 1 amide bonds. The summed E-state index contributed by atoms with van der Waals surface area (Å²) in [6.45, 7) is 5.07. The summed E-state index contributed by atoms with van der Waals surface area (Å²) in [6.07, 6.45) is 1.32. The van der Waals surface area contributed by atoms with Gasteiger partial charge in [-0.25, -0.2) is 4.79 Å². The van der Waals surface area contributed by atoms with E-state index >= 15 is 0 Å². The molecule has 1 fully saturated rings. The summed E-state index contributed by atoms with van der Waals surface area (Å²) in [5, 5.41) is 12.3. The molecule has 1 unspecified atom stereocenters. The van der Waals surface area contributed by atoms with Gasteiger partial charge in [-0.3, -0.25) is 0 Å². The van der Waals surface area contributed by atoms with Gasteiger partial charge in [0, 0.05) is 17.7 Å². The quantitative estimate of drug-likeness (QED) is 0.742. The zero-order valence-electron chi connectivity index (χ0n) is 13.1. The van der Waals surface area contributed by atoms with Crippen LogP contribution in [0.15, 0.2) is 0 Å². The molecule has 1 aliphatic rings. The fourth-order valence-electron chi connectivity index (χ4n) is 2.33. The van der Waals surface area contributed by atoms with Crippen molar-refractivity contribution >= 4 is 17.9 Å². The predicted octanol–water partition coefficient (Wildman–Crippen LogP) is 3.54. The summed E-state index contributed by atoms with van der Waals surface area (Å²) in [5.74, 6) is 0.0255. The number of hydrogen-bond acceptors (Lipinski definition) is 4. The molecule has 130 valence electrons. The van der Waals surface area contributed by atoms with Crippen molar-refractivity contribution in [2.75, 3.05) is 18.9 Å². The second-order valence-corrected chi connectivity index (χ2v) is 7.85. The van der Waals surface area contributed by atoms with Crippen LogP contribution in [0.5, 0.6) is 0 Å². The van der Waals surface area contributed by atoms with Gasteiger partial charge in [0.1, 0.15) is 5.60 Å². The largest absolute Gasteiger partial charge is 0.444 e. The standard InChI is InChI=1S/C14H24F3NO3S/c1-12(2,3)21-11(20)18-8-13(9-19,10-4-5-10)6-7-22-14(15,16)17/h10,19H,4-9H2,1-3H3,(H,18,20). The SMILES string of the molecule is CC(C)(C)OC(=O)NCC(CO)(CCSC(F)(F)F)C1CC1. The molecule has 0 saturated heterocycles. The van der Waals surface area contributed by atoms with Gasteiger partial charge in [0.15, 0.2) is 0 Å². The number of alkyl halides is 3. The molecule has 2 N–H and O–H groups in total. The summed E-state index contributed by atoms with van der Waals surface area (Å²) in [4.78, 5) is 11.7. The van der Waals surface area contributed by atoms with E-state index < -0.39 is 22.6 Å². The minimum atomic E-state index is -4.27. The van der Waals surface area contributed by atoms with Crippen LogP contribution in [0.1, 0.15) is 40.0 Å². The molecule has 4 nitrogen and oxygen atoms in total. The van der Waals surface area contributed by atoms with Crippen molar-refractivity contribution in [2.24, 2.45) is 11.3 Å². The van der Waals surface area contributed by atoms with Crippen molar-refractivity contribution in [3.63, 3.8) is 0 Å². The Morgan fingerprint density at radius 2 is 1.91 bits per heavy atom. The lowest BCUT2D eigenvalue weighted by atomic mass is 9.80. The molecule has 0 spiro atoms. The molecule has 0 aromatic heterocycles. The third kappa shape index (κ3) is 7.09. The number of amides is 1. The molecular formula is C14H24F3NO3S. The predicted molar refractivity (Wildman–Crippen MR) is 79.6 cm³/mol. The highest BCUT2D eigenvalue weighted by Gasteiger charge is 2.45. The Morgan fingerprint density at radius 1 is 1.32 bits per heavy atom. The second kappa shape index (κ2) is 7.29. The topological polar surface area (TPSA) is 58.6 Å². The third-order valence-corrected chi connectivity index (χ3v) is 4.34. The summed E-state index contributed by atoms with van der Waals surface area (Å²) < 4.78 is 41.9. The molecule has 0 radical (unpaired) electrons. The van der Waals surface area contributed by atoms with Gasteiger partial charge in [-0.05, 0) is 46.0 Å². The molecule has 0 aliphatic heterocycles. The number of thioether (sulfide) groups is 1. The molecule has 1 rings (SSSR count). The van der Waals surface area contributed by atoms with Gasteiger partial charge in [-0.2, -0.15) is 13.2 Å². The first-order valence-corrected chi connectivity index (χ1v) is 8.24. The maximum atomic E-state index is 12.3. The second-order valence-electron chi connectivity index (χ2n) is 6.69. The van der Waals surface area contributed by atoms with E-state index in [2.05, 4.69) is 5.32 Å². The summed E-state index contributed by atoms with van der Waals surface area (Å²) in [7, 11) is 0. The van der Waals surface area contributed by atoms with Crippen molar-refractivity contribution in [1.29, 1.82) is 0 Å². The molecule has 0 aromatic rings. The molecule has 0 bridgehead atoms. The van der Waals surface area contributed by atoms with Crippen LogP contribution in [-0.4, -0.2) is 41.2 Å². The van der Waals surface area contributed by atoms with Crippen molar-refractivity contribution in [3.05, 3.63) is 0 Å². The average molecular weight is 343 g/mol. The lowest BCUT2D eigenvalue weighted by Gasteiger charge is -2.33. The Balaban J connectivity index is 2.55. The van der Waals surface area contributed by atoms with Crippen molar-refractivity contribution in [2.45, 2.75) is 51.1 Å². The number of aliphatic hydroxyl groups excluding tert-OH is 1. The minimum absolute atomic E-state index is 0.0898. The fourth-order valence-corrected chi connectivity index (χ4v) is 3.07. The minimum Gasteiger partial charge on any atom is -0.444 e. The molecule has 1 saturated carbocycles. The lowest BCUT2D eigenvalue weighted by molar-refractivity contribution is -0.0331. The van der Waals surface area contributed by atoms with Crippen LogP contribution in [0.2, 0.25) is 0 Å². The first kappa shape index (κ1) is 19.4. The number of halogens is 3. The molecule has 1 aliphatic carbocycles. The van der Waals surface area contributed by atoms with Crippen LogP contribution in [0, 0.1) is 11.3 Å². The number of carbonyl (C=O) groups is 1. The number of ether oxygens (including phenoxy) is 1. The maximum absolute atomic E-state index is 12.3. The number of nitrogens with one attached hydrogen (secondary N) is 1. The van der Waals surface area contributed by atoms with Crippen LogP contribution < -0.4 is 5.32 Å². The van der Waals surface area contributed by atoms with Crippen LogP contribution >= 0.6 is 11.8 Å². The van der Waals surface area contributed by atoms with Gasteiger partial charge >= 0.3 is 11.6 Å². The van der Waals surface area contributed by atoms with E-state index in [1.807, 2.05) is 0 Å². The first-order valence-electron chi connectivity index (χ1n) is 7.26. The van der Waals surface area contributed by atoms with Crippen LogP contribution in [-0.2, 0) is 4.74 Å². The Kier molecular flexibility index (Phi) is 6.44. The number of alkyl carbamates (subject to hydrolysis) is 1. The molecule has 22 heavy (non-hydrogen) atoms. The highest BCUT2D eigenvalue weighted by molar-refractivity contribution is 8.00. The Bertz CT molecular complexity index is 381. The van der Waals surface area contributed by atoms with Crippen LogP contribution in [0.25, 0.3) is 0 Å². The highest BCUT2D eigenvalue weighted by atomic mass is 32.2. The van der Waals surface area contributed by atoms with Crippen LogP contribution in [0.3, 0.4) is 0 Å². The Hall–Kier alpha value is -0.630. The third-order valence-electron chi connectivity index (χ3n) is 3.61. The van der Waals surface area contributed by atoms with Gasteiger partial charge in [0.2, 0.25) is 0 Å². The Labute approximate surface area is 133 Å².